The van der Waals surface area contributed by atoms with Crippen LogP contribution in [0.15, 0.2) is 179 Å². The summed E-state index contributed by atoms with van der Waals surface area (Å²) in [6, 6.07) is 60.9. The Morgan fingerprint density at radius 3 is 1.42 bits per heavy atom. The molecule has 11 aromatic rings. The number of furan rings is 2. The Hall–Kier alpha value is -6.64. The van der Waals surface area contributed by atoms with Crippen LogP contribution in [0.3, 0.4) is 0 Å². The van der Waals surface area contributed by atoms with Crippen molar-refractivity contribution < 1.29 is 8.83 Å². The molecule has 2 aromatic heterocycles. The molecule has 50 heavy (non-hydrogen) atoms. The molecule has 0 amide bonds. The second-order valence-corrected chi connectivity index (χ2v) is 13.2. The van der Waals surface area contributed by atoms with Gasteiger partial charge in [-0.2, -0.15) is 0 Å². The summed E-state index contributed by atoms with van der Waals surface area (Å²) >= 11 is 0. The van der Waals surface area contributed by atoms with Gasteiger partial charge in [0.2, 0.25) is 0 Å². The van der Waals surface area contributed by atoms with Crippen molar-refractivity contribution in [3.63, 3.8) is 0 Å². The predicted molar refractivity (Wildman–Crippen MR) is 210 cm³/mol. The van der Waals surface area contributed by atoms with E-state index in [4.69, 9.17) is 8.83 Å². The lowest BCUT2D eigenvalue weighted by Crippen LogP contribution is -1.91. The summed E-state index contributed by atoms with van der Waals surface area (Å²) in [6.45, 7) is 0. The number of benzene rings is 9. The Bertz CT molecular complexity index is 3080. The maximum atomic E-state index is 6.59. The van der Waals surface area contributed by atoms with Gasteiger partial charge in [-0.15, -0.1) is 0 Å². The van der Waals surface area contributed by atoms with Crippen LogP contribution in [0, 0.1) is 0 Å². The van der Waals surface area contributed by atoms with Gasteiger partial charge in [-0.05, 0) is 102 Å². The average molecular weight is 637 g/mol. The summed E-state index contributed by atoms with van der Waals surface area (Å²) in [5.74, 6) is 0. The lowest BCUT2D eigenvalue weighted by Gasteiger charge is -2.18. The van der Waals surface area contributed by atoms with E-state index < -0.39 is 0 Å². The molecule has 2 heterocycles. The minimum atomic E-state index is 0.869. The number of hydrogen-bond donors (Lipinski definition) is 0. The van der Waals surface area contributed by atoms with Crippen molar-refractivity contribution in [1.82, 2.24) is 0 Å². The zero-order valence-electron chi connectivity index (χ0n) is 27.0. The molecular weight excluding hydrogens is 609 g/mol. The molecule has 0 saturated heterocycles. The number of rotatable bonds is 3. The lowest BCUT2D eigenvalue weighted by molar-refractivity contribution is 0.663. The van der Waals surface area contributed by atoms with E-state index >= 15 is 0 Å². The molecule has 0 saturated carbocycles. The topological polar surface area (TPSA) is 26.3 Å². The van der Waals surface area contributed by atoms with E-state index in [1.54, 1.807) is 0 Å². The summed E-state index contributed by atoms with van der Waals surface area (Å²) in [4.78, 5) is 0. The summed E-state index contributed by atoms with van der Waals surface area (Å²) in [5, 5.41) is 11.8. The fourth-order valence-corrected chi connectivity index (χ4v) is 8.19. The number of para-hydroxylation sites is 1. The van der Waals surface area contributed by atoms with Crippen LogP contribution in [-0.4, -0.2) is 0 Å². The molecule has 9 aromatic carbocycles. The average Bonchev–Trinajstić information content (AvgIpc) is 3.74. The van der Waals surface area contributed by atoms with E-state index in [0.717, 1.165) is 49.4 Å². The Morgan fingerprint density at radius 1 is 0.260 bits per heavy atom. The SMILES string of the molecule is c1ccc2cc(-c3ccc(-c4c5ccccc5c(-c5ccc6c(c5)oc5ccc7oc8ccccc8c7c56)c5ccccc45)cc3)ccc2c1. The standard InChI is InChI=1S/C48H28O2/c1-2-10-32-27-33(22-19-29(32)9-1)30-17-20-31(21-18-30)45-35-11-3-5-13-37(35)46(38-14-6-4-12-36(38)45)34-23-24-40-44(28-34)50-43-26-25-42-47(48(40)43)39-15-7-8-16-41(39)49-42/h1-28H. The van der Waals surface area contributed by atoms with Gasteiger partial charge in [-0.1, -0.05) is 133 Å². The van der Waals surface area contributed by atoms with Gasteiger partial charge < -0.3 is 8.83 Å². The van der Waals surface area contributed by atoms with Crippen LogP contribution in [0.25, 0.3) is 110 Å². The van der Waals surface area contributed by atoms with Gasteiger partial charge in [0.15, 0.2) is 0 Å². The molecule has 0 fully saturated rings. The van der Waals surface area contributed by atoms with Gasteiger partial charge >= 0.3 is 0 Å². The van der Waals surface area contributed by atoms with Crippen LogP contribution in [0.4, 0.5) is 0 Å². The first-order chi connectivity index (χ1) is 24.8. The van der Waals surface area contributed by atoms with Crippen LogP contribution < -0.4 is 0 Å². The fraction of sp³-hybridized carbons (Fsp3) is 0. The summed E-state index contributed by atoms with van der Waals surface area (Å²) in [5.41, 5.74) is 10.8. The van der Waals surface area contributed by atoms with Crippen LogP contribution in [-0.2, 0) is 0 Å². The highest BCUT2D eigenvalue weighted by atomic mass is 16.3. The van der Waals surface area contributed by atoms with Crippen molar-refractivity contribution in [2.24, 2.45) is 0 Å². The summed E-state index contributed by atoms with van der Waals surface area (Å²) in [6.07, 6.45) is 0. The van der Waals surface area contributed by atoms with E-state index in [2.05, 4.69) is 146 Å². The molecule has 0 N–H and O–H groups in total. The van der Waals surface area contributed by atoms with Crippen molar-refractivity contribution in [3.8, 4) is 33.4 Å². The van der Waals surface area contributed by atoms with Crippen LogP contribution in [0.5, 0.6) is 0 Å². The molecule has 0 spiro atoms. The molecular formula is C48H28O2. The van der Waals surface area contributed by atoms with Crippen molar-refractivity contribution in [3.05, 3.63) is 170 Å². The summed E-state index contributed by atoms with van der Waals surface area (Å²) < 4.78 is 12.8. The minimum Gasteiger partial charge on any atom is -0.456 e. The molecule has 2 nitrogen and oxygen atoms in total. The predicted octanol–water partition coefficient (Wildman–Crippen LogP) is 13.9. The zero-order valence-corrected chi connectivity index (χ0v) is 27.0. The van der Waals surface area contributed by atoms with Crippen LogP contribution in [0.1, 0.15) is 0 Å². The van der Waals surface area contributed by atoms with Gasteiger partial charge in [-0.3, -0.25) is 0 Å². The third-order valence-electron chi connectivity index (χ3n) is 10.5. The molecule has 0 bridgehead atoms. The molecule has 11 rings (SSSR count). The molecule has 0 aliphatic heterocycles. The molecule has 0 aliphatic carbocycles. The molecule has 0 atom stereocenters. The molecule has 232 valence electrons. The quantitative estimate of drug-likeness (QED) is 0.180. The van der Waals surface area contributed by atoms with E-state index in [1.165, 1.54) is 60.1 Å². The largest absolute Gasteiger partial charge is 0.456 e. The maximum Gasteiger partial charge on any atom is 0.136 e. The van der Waals surface area contributed by atoms with Gasteiger partial charge in [0.1, 0.15) is 22.3 Å². The number of hydrogen-bond acceptors (Lipinski definition) is 2. The first-order valence-electron chi connectivity index (χ1n) is 17.1. The third-order valence-corrected chi connectivity index (χ3v) is 10.5. The van der Waals surface area contributed by atoms with E-state index in [0.29, 0.717) is 0 Å². The van der Waals surface area contributed by atoms with Crippen molar-refractivity contribution in [2.75, 3.05) is 0 Å². The maximum absolute atomic E-state index is 6.59. The fourth-order valence-electron chi connectivity index (χ4n) is 8.19. The molecule has 0 radical (unpaired) electrons. The highest BCUT2D eigenvalue weighted by Gasteiger charge is 2.20. The Labute approximate surface area is 287 Å². The second-order valence-electron chi connectivity index (χ2n) is 13.2. The highest BCUT2D eigenvalue weighted by molar-refractivity contribution is 6.27. The monoisotopic (exact) mass is 636 g/mol. The van der Waals surface area contributed by atoms with Crippen molar-refractivity contribution in [2.45, 2.75) is 0 Å². The lowest BCUT2D eigenvalue weighted by atomic mass is 9.85. The Balaban J connectivity index is 1.10. The van der Waals surface area contributed by atoms with Gasteiger partial charge in [-0.25, -0.2) is 0 Å². The molecule has 0 aliphatic rings. The number of fused-ring (bicyclic) bond motifs is 10. The zero-order chi connectivity index (χ0) is 32.8. The normalized spacial score (nSPS) is 12.0. The van der Waals surface area contributed by atoms with E-state index in [-0.39, 0.29) is 0 Å². The highest BCUT2D eigenvalue weighted by Crippen LogP contribution is 2.46. The first-order valence-corrected chi connectivity index (χ1v) is 17.1. The third kappa shape index (κ3) is 3.96. The first kappa shape index (κ1) is 27.3. The van der Waals surface area contributed by atoms with Crippen molar-refractivity contribution in [1.29, 1.82) is 0 Å². The second kappa shape index (κ2) is 10.4. The van der Waals surface area contributed by atoms with Gasteiger partial charge in [0, 0.05) is 21.5 Å². The Morgan fingerprint density at radius 2 is 0.740 bits per heavy atom. The Kier molecular flexibility index (Phi) is 5.70. The van der Waals surface area contributed by atoms with Crippen molar-refractivity contribution >= 4 is 76.2 Å². The van der Waals surface area contributed by atoms with Crippen LogP contribution in [0.2, 0.25) is 0 Å². The van der Waals surface area contributed by atoms with E-state index in [1.807, 2.05) is 24.3 Å². The molecule has 2 heteroatoms. The molecule has 0 unspecified atom stereocenters. The van der Waals surface area contributed by atoms with E-state index in [9.17, 15) is 0 Å². The van der Waals surface area contributed by atoms with Gasteiger partial charge in [0.05, 0.1) is 0 Å². The van der Waals surface area contributed by atoms with Crippen LogP contribution >= 0.6 is 0 Å². The minimum absolute atomic E-state index is 0.869. The summed E-state index contributed by atoms with van der Waals surface area (Å²) in [7, 11) is 0. The van der Waals surface area contributed by atoms with Gasteiger partial charge in [0.25, 0.3) is 0 Å². The smallest absolute Gasteiger partial charge is 0.136 e.